The lowest BCUT2D eigenvalue weighted by molar-refractivity contribution is 0.378. The zero-order chi connectivity index (χ0) is 14.5. The number of anilines is 1. The molecule has 0 atom stereocenters. The van der Waals surface area contributed by atoms with Crippen LogP contribution in [0.5, 0.6) is 0 Å². The fourth-order valence-corrected chi connectivity index (χ4v) is 2.41. The first-order valence-electron chi connectivity index (χ1n) is 6.65. The summed E-state index contributed by atoms with van der Waals surface area (Å²) >= 11 is 3.49. The largest absolute Gasteiger partial charge is 0.375 e. The minimum atomic E-state index is 0.504. The van der Waals surface area contributed by atoms with Crippen molar-refractivity contribution >= 4 is 21.6 Å². The first-order valence-corrected chi connectivity index (χ1v) is 7.44. The molecule has 0 aliphatic heterocycles. The fraction of sp³-hybridized carbons (Fsp3) is 0.125. The lowest BCUT2D eigenvalue weighted by Crippen LogP contribution is -2.00. The fourth-order valence-electron chi connectivity index (χ4n) is 1.99. The van der Waals surface area contributed by atoms with E-state index in [2.05, 4.69) is 43.5 Å². The first-order chi connectivity index (χ1) is 10.3. The average molecular weight is 344 g/mol. The molecule has 5 heteroatoms. The van der Waals surface area contributed by atoms with Gasteiger partial charge in [-0.2, -0.15) is 4.98 Å². The molecule has 21 heavy (non-hydrogen) atoms. The highest BCUT2D eigenvalue weighted by molar-refractivity contribution is 9.10. The highest BCUT2D eigenvalue weighted by Gasteiger charge is 2.07. The van der Waals surface area contributed by atoms with Gasteiger partial charge >= 0.3 is 0 Å². The standard InChI is InChI=1S/C16H14BrN3O/c17-13-8-4-5-9-14(13)18-11-16-19-15(20-21-16)10-12-6-2-1-3-7-12/h1-9,18H,10-11H2. The quantitative estimate of drug-likeness (QED) is 0.759. The second-order valence-corrected chi connectivity index (χ2v) is 5.45. The smallest absolute Gasteiger partial charge is 0.245 e. The van der Waals surface area contributed by atoms with E-state index in [-0.39, 0.29) is 0 Å². The molecule has 1 heterocycles. The van der Waals surface area contributed by atoms with E-state index in [0.717, 1.165) is 10.2 Å². The van der Waals surface area contributed by atoms with E-state index in [9.17, 15) is 0 Å². The molecule has 0 saturated heterocycles. The van der Waals surface area contributed by atoms with Crippen LogP contribution >= 0.6 is 15.9 Å². The second kappa shape index (κ2) is 6.54. The van der Waals surface area contributed by atoms with Crippen LogP contribution in [-0.2, 0) is 13.0 Å². The molecule has 0 amide bonds. The molecule has 3 aromatic rings. The zero-order valence-corrected chi connectivity index (χ0v) is 12.9. The number of nitrogens with zero attached hydrogens (tertiary/aromatic N) is 2. The highest BCUT2D eigenvalue weighted by Crippen LogP contribution is 2.21. The maximum Gasteiger partial charge on any atom is 0.245 e. The highest BCUT2D eigenvalue weighted by atomic mass is 79.9. The SMILES string of the molecule is Brc1ccccc1NCc1nc(Cc2ccccc2)no1. The van der Waals surface area contributed by atoms with Crippen LogP contribution in [0.3, 0.4) is 0 Å². The van der Waals surface area contributed by atoms with Crippen molar-refractivity contribution in [2.75, 3.05) is 5.32 Å². The Kier molecular flexibility index (Phi) is 4.31. The van der Waals surface area contributed by atoms with E-state index >= 15 is 0 Å². The minimum absolute atomic E-state index is 0.504. The van der Waals surface area contributed by atoms with Gasteiger partial charge in [-0.15, -0.1) is 0 Å². The van der Waals surface area contributed by atoms with Crippen LogP contribution in [-0.4, -0.2) is 10.1 Å². The van der Waals surface area contributed by atoms with Gasteiger partial charge in [-0.25, -0.2) is 0 Å². The molecule has 4 nitrogen and oxygen atoms in total. The lowest BCUT2D eigenvalue weighted by Gasteiger charge is -2.04. The van der Waals surface area contributed by atoms with Gasteiger partial charge in [0.05, 0.1) is 6.54 Å². The van der Waals surface area contributed by atoms with Gasteiger partial charge in [0.1, 0.15) is 0 Å². The number of aromatic nitrogens is 2. The third-order valence-electron chi connectivity index (χ3n) is 3.02. The van der Waals surface area contributed by atoms with Gasteiger partial charge in [0.15, 0.2) is 5.82 Å². The van der Waals surface area contributed by atoms with E-state index in [1.807, 2.05) is 42.5 Å². The van der Waals surface area contributed by atoms with Gasteiger partial charge in [0.25, 0.3) is 0 Å². The van der Waals surface area contributed by atoms with Crippen LogP contribution in [0.25, 0.3) is 0 Å². The summed E-state index contributed by atoms with van der Waals surface area (Å²) in [5, 5.41) is 7.27. The number of nitrogens with one attached hydrogen (secondary N) is 1. The molecule has 0 spiro atoms. The number of halogens is 1. The van der Waals surface area contributed by atoms with E-state index in [1.165, 1.54) is 5.56 Å². The van der Waals surface area contributed by atoms with Crippen LogP contribution in [0.4, 0.5) is 5.69 Å². The molecule has 106 valence electrons. The summed E-state index contributed by atoms with van der Waals surface area (Å²) in [6, 6.07) is 18.0. The first kappa shape index (κ1) is 13.8. The van der Waals surface area contributed by atoms with Crippen LogP contribution in [0.2, 0.25) is 0 Å². The second-order valence-electron chi connectivity index (χ2n) is 4.60. The van der Waals surface area contributed by atoms with Gasteiger partial charge in [0, 0.05) is 16.6 Å². The molecule has 1 N–H and O–H groups in total. The Morgan fingerprint density at radius 3 is 2.57 bits per heavy atom. The summed E-state index contributed by atoms with van der Waals surface area (Å²) in [6.45, 7) is 0.504. The molecule has 0 aliphatic carbocycles. The zero-order valence-electron chi connectivity index (χ0n) is 11.3. The van der Waals surface area contributed by atoms with Crippen molar-refractivity contribution in [3.63, 3.8) is 0 Å². The predicted octanol–water partition coefficient (Wildman–Crippen LogP) is 4.04. The van der Waals surface area contributed by atoms with Crippen LogP contribution in [0, 0.1) is 0 Å². The Morgan fingerprint density at radius 1 is 1.00 bits per heavy atom. The average Bonchev–Trinajstić information content (AvgIpc) is 2.95. The molecular formula is C16H14BrN3O. The molecule has 3 rings (SSSR count). The summed E-state index contributed by atoms with van der Waals surface area (Å²) in [5.41, 5.74) is 2.17. The van der Waals surface area contributed by atoms with Crippen molar-refractivity contribution in [2.45, 2.75) is 13.0 Å². The topological polar surface area (TPSA) is 51.0 Å². The third-order valence-corrected chi connectivity index (χ3v) is 3.71. The van der Waals surface area contributed by atoms with E-state index in [0.29, 0.717) is 24.7 Å². The number of hydrogen-bond acceptors (Lipinski definition) is 4. The van der Waals surface area contributed by atoms with Crippen molar-refractivity contribution in [3.05, 3.63) is 76.3 Å². The van der Waals surface area contributed by atoms with Crippen molar-refractivity contribution in [1.29, 1.82) is 0 Å². The minimum Gasteiger partial charge on any atom is -0.375 e. The van der Waals surface area contributed by atoms with Crippen molar-refractivity contribution in [3.8, 4) is 0 Å². The Bertz CT molecular complexity index is 712. The number of para-hydroxylation sites is 1. The molecule has 0 saturated carbocycles. The lowest BCUT2D eigenvalue weighted by atomic mass is 10.1. The number of hydrogen-bond donors (Lipinski definition) is 1. The normalized spacial score (nSPS) is 10.5. The third kappa shape index (κ3) is 3.70. The summed E-state index contributed by atoms with van der Waals surface area (Å²) < 4.78 is 6.27. The maximum atomic E-state index is 5.26. The van der Waals surface area contributed by atoms with Gasteiger partial charge in [0.2, 0.25) is 5.89 Å². The molecule has 0 aliphatic rings. The van der Waals surface area contributed by atoms with Crippen molar-refractivity contribution in [2.24, 2.45) is 0 Å². The molecule has 1 aromatic heterocycles. The van der Waals surface area contributed by atoms with Crippen molar-refractivity contribution < 1.29 is 4.52 Å². The molecule has 0 radical (unpaired) electrons. The maximum absolute atomic E-state index is 5.26. The Balaban J connectivity index is 1.62. The van der Waals surface area contributed by atoms with Gasteiger partial charge in [-0.3, -0.25) is 0 Å². The summed E-state index contributed by atoms with van der Waals surface area (Å²) in [4.78, 5) is 4.39. The van der Waals surface area contributed by atoms with Gasteiger partial charge < -0.3 is 9.84 Å². The molecule has 0 bridgehead atoms. The monoisotopic (exact) mass is 343 g/mol. The Morgan fingerprint density at radius 2 is 1.76 bits per heavy atom. The number of rotatable bonds is 5. The number of benzene rings is 2. The van der Waals surface area contributed by atoms with Crippen molar-refractivity contribution in [1.82, 2.24) is 10.1 Å². The van der Waals surface area contributed by atoms with E-state index in [4.69, 9.17) is 4.52 Å². The van der Waals surface area contributed by atoms with Crippen LogP contribution in [0.1, 0.15) is 17.3 Å². The molecule has 0 fully saturated rings. The molecule has 0 unspecified atom stereocenters. The van der Waals surface area contributed by atoms with Gasteiger partial charge in [-0.05, 0) is 33.6 Å². The van der Waals surface area contributed by atoms with E-state index in [1.54, 1.807) is 0 Å². The summed E-state index contributed by atoms with van der Waals surface area (Å²) in [6.07, 6.45) is 0.680. The van der Waals surface area contributed by atoms with E-state index < -0.39 is 0 Å². The molecule has 2 aromatic carbocycles. The summed E-state index contributed by atoms with van der Waals surface area (Å²) in [5.74, 6) is 1.28. The Hall–Kier alpha value is -2.14. The van der Waals surface area contributed by atoms with Crippen LogP contribution in [0.15, 0.2) is 63.6 Å². The van der Waals surface area contributed by atoms with Gasteiger partial charge in [-0.1, -0.05) is 47.6 Å². The predicted molar refractivity (Wildman–Crippen MR) is 85.0 cm³/mol. The molecular weight excluding hydrogens is 330 g/mol. The summed E-state index contributed by atoms with van der Waals surface area (Å²) in [7, 11) is 0. The van der Waals surface area contributed by atoms with Crippen LogP contribution < -0.4 is 5.32 Å². The Labute approximate surface area is 131 Å².